The zero-order chi connectivity index (χ0) is 21.5. The van der Waals surface area contributed by atoms with Crippen molar-refractivity contribution in [3.8, 4) is 11.5 Å². The van der Waals surface area contributed by atoms with Crippen LogP contribution in [-0.4, -0.2) is 27.0 Å². The maximum atomic E-state index is 11.8. The van der Waals surface area contributed by atoms with Crippen LogP contribution in [0.5, 0.6) is 11.5 Å². The first-order chi connectivity index (χ1) is 14.4. The molecule has 1 amide bonds. The van der Waals surface area contributed by atoms with Crippen LogP contribution in [0.3, 0.4) is 0 Å². The molecule has 3 rings (SSSR count). The van der Waals surface area contributed by atoms with E-state index in [1.807, 2.05) is 0 Å². The van der Waals surface area contributed by atoms with Crippen molar-refractivity contribution in [1.29, 1.82) is 0 Å². The van der Waals surface area contributed by atoms with Crippen molar-refractivity contribution in [2.45, 2.75) is 0 Å². The fraction of sp³-hybridized carbons (Fsp3) is 0. The molecule has 30 heavy (non-hydrogen) atoms. The molecule has 2 aromatic carbocycles. The van der Waals surface area contributed by atoms with Crippen LogP contribution in [0.1, 0.15) is 16.1 Å². The first kappa shape index (κ1) is 20.1. The van der Waals surface area contributed by atoms with Crippen LogP contribution < -0.4 is 10.2 Å². The molecule has 0 fully saturated rings. The topological polar surface area (TPSA) is 150 Å². The smallest absolute Gasteiger partial charge is 0.318 e. The van der Waals surface area contributed by atoms with Crippen molar-refractivity contribution in [3.63, 3.8) is 0 Å². The Labute approximate surface area is 168 Å². The van der Waals surface area contributed by atoms with Gasteiger partial charge in [0.15, 0.2) is 0 Å². The predicted molar refractivity (Wildman–Crippen MR) is 106 cm³/mol. The van der Waals surface area contributed by atoms with Crippen molar-refractivity contribution < 1.29 is 19.4 Å². The summed E-state index contributed by atoms with van der Waals surface area (Å²) >= 11 is 0. The van der Waals surface area contributed by atoms with Crippen molar-refractivity contribution in [3.05, 3.63) is 98.3 Å². The molecule has 1 N–H and O–H groups in total. The van der Waals surface area contributed by atoms with Crippen LogP contribution in [0.25, 0.3) is 0 Å². The lowest BCUT2D eigenvalue weighted by Crippen LogP contribution is -2.18. The van der Waals surface area contributed by atoms with Crippen LogP contribution in [0.4, 0.5) is 11.4 Å². The molecule has 1 heterocycles. The molecule has 11 nitrogen and oxygen atoms in total. The monoisotopic (exact) mass is 407 g/mol. The molecule has 150 valence electrons. The lowest BCUT2D eigenvalue weighted by atomic mass is 10.2. The third-order valence-corrected chi connectivity index (χ3v) is 3.74. The van der Waals surface area contributed by atoms with Crippen LogP contribution in [0.15, 0.2) is 72.0 Å². The van der Waals surface area contributed by atoms with Gasteiger partial charge >= 0.3 is 5.69 Å². The fourth-order valence-electron chi connectivity index (χ4n) is 2.32. The Kier molecular flexibility index (Phi) is 6.03. The zero-order valence-corrected chi connectivity index (χ0v) is 15.2. The van der Waals surface area contributed by atoms with Crippen molar-refractivity contribution in [1.82, 2.24) is 10.4 Å². The number of carbonyl (C=O) groups excluding carboxylic acids is 1. The lowest BCUT2D eigenvalue weighted by molar-refractivity contribution is -0.394. The SMILES string of the molecule is O=C(N/N=C\c1ccc(Oc2ccc([N+](=O)[O-])cc2[N+](=O)[O-])cc1)c1ccccn1. The number of hydrogen-bond donors (Lipinski definition) is 1. The van der Waals surface area contributed by atoms with Gasteiger partial charge in [-0.05, 0) is 48.0 Å². The Morgan fingerprint density at radius 3 is 2.43 bits per heavy atom. The Hall–Kier alpha value is -4.67. The second kappa shape index (κ2) is 9.01. The molecule has 0 bridgehead atoms. The molecule has 0 atom stereocenters. The van der Waals surface area contributed by atoms with Crippen molar-refractivity contribution >= 4 is 23.5 Å². The van der Waals surface area contributed by atoms with E-state index in [-0.39, 0.29) is 17.2 Å². The molecule has 0 radical (unpaired) electrons. The van der Waals surface area contributed by atoms with E-state index in [1.165, 1.54) is 30.6 Å². The summed E-state index contributed by atoms with van der Waals surface area (Å²) in [5.41, 5.74) is 2.26. The number of nitrogens with zero attached hydrogens (tertiary/aromatic N) is 4. The van der Waals surface area contributed by atoms with Gasteiger partial charge in [-0.15, -0.1) is 0 Å². The summed E-state index contributed by atoms with van der Waals surface area (Å²) in [5, 5.41) is 25.8. The number of nitro groups is 2. The third kappa shape index (κ3) is 4.98. The number of nitrogens with one attached hydrogen (secondary N) is 1. The fourth-order valence-corrected chi connectivity index (χ4v) is 2.32. The molecule has 1 aromatic heterocycles. The molecule has 0 aliphatic carbocycles. The van der Waals surface area contributed by atoms with Crippen LogP contribution in [0, 0.1) is 20.2 Å². The number of rotatable bonds is 7. The summed E-state index contributed by atoms with van der Waals surface area (Å²) in [5.74, 6) is -0.312. The highest BCUT2D eigenvalue weighted by Crippen LogP contribution is 2.34. The first-order valence-corrected chi connectivity index (χ1v) is 8.39. The van der Waals surface area contributed by atoms with Crippen LogP contribution >= 0.6 is 0 Å². The van der Waals surface area contributed by atoms with E-state index in [9.17, 15) is 25.0 Å². The summed E-state index contributed by atoms with van der Waals surface area (Å²) in [6, 6.07) is 14.3. The quantitative estimate of drug-likeness (QED) is 0.358. The number of benzene rings is 2. The van der Waals surface area contributed by atoms with Crippen LogP contribution in [0.2, 0.25) is 0 Å². The Balaban J connectivity index is 1.67. The number of hydrogen-bond acceptors (Lipinski definition) is 8. The van der Waals surface area contributed by atoms with E-state index >= 15 is 0 Å². The highest BCUT2D eigenvalue weighted by atomic mass is 16.6. The zero-order valence-electron chi connectivity index (χ0n) is 15.2. The molecule has 0 aliphatic rings. The van der Waals surface area contributed by atoms with E-state index in [0.717, 1.165) is 12.1 Å². The number of pyridine rings is 1. The van der Waals surface area contributed by atoms with E-state index in [4.69, 9.17) is 4.74 Å². The first-order valence-electron chi connectivity index (χ1n) is 8.39. The van der Waals surface area contributed by atoms with Gasteiger partial charge in [-0.2, -0.15) is 5.10 Å². The number of nitro benzene ring substituents is 2. The molecular weight excluding hydrogens is 394 g/mol. The van der Waals surface area contributed by atoms with Gasteiger partial charge in [0, 0.05) is 12.3 Å². The standard InChI is InChI=1S/C19H13N5O6/c25-19(16-3-1-2-10-20-16)22-21-12-13-4-7-15(8-5-13)30-18-9-6-14(23(26)27)11-17(18)24(28)29/h1-12H,(H,22,25)/b21-12-. The maximum absolute atomic E-state index is 11.8. The molecular formula is C19H13N5O6. The van der Waals surface area contributed by atoms with E-state index in [0.29, 0.717) is 5.56 Å². The molecule has 0 aliphatic heterocycles. The number of amides is 1. The second-order valence-corrected chi connectivity index (χ2v) is 5.75. The highest BCUT2D eigenvalue weighted by molar-refractivity contribution is 5.93. The maximum Gasteiger partial charge on any atom is 0.318 e. The molecule has 11 heteroatoms. The highest BCUT2D eigenvalue weighted by Gasteiger charge is 2.21. The largest absolute Gasteiger partial charge is 0.450 e. The second-order valence-electron chi connectivity index (χ2n) is 5.75. The number of hydrazone groups is 1. The van der Waals surface area contributed by atoms with Gasteiger partial charge in [0.1, 0.15) is 11.4 Å². The van der Waals surface area contributed by atoms with Gasteiger partial charge < -0.3 is 4.74 Å². The van der Waals surface area contributed by atoms with Crippen molar-refractivity contribution in [2.24, 2.45) is 5.10 Å². The van der Waals surface area contributed by atoms with E-state index in [1.54, 1.807) is 30.3 Å². The predicted octanol–water partition coefficient (Wildman–Crippen LogP) is 3.45. The van der Waals surface area contributed by atoms with Crippen molar-refractivity contribution in [2.75, 3.05) is 0 Å². The minimum absolute atomic E-state index is 0.130. The Morgan fingerprint density at radius 1 is 1.03 bits per heavy atom. The summed E-state index contributed by atoms with van der Waals surface area (Å²) in [4.78, 5) is 36.2. The van der Waals surface area contributed by atoms with Crippen LogP contribution in [-0.2, 0) is 0 Å². The average Bonchev–Trinajstić information content (AvgIpc) is 2.75. The summed E-state index contributed by atoms with van der Waals surface area (Å²) in [7, 11) is 0. The minimum atomic E-state index is -0.756. The number of carbonyl (C=O) groups is 1. The summed E-state index contributed by atoms with van der Waals surface area (Å²) in [6.45, 7) is 0. The number of non-ortho nitro benzene ring substituents is 1. The molecule has 3 aromatic rings. The average molecular weight is 407 g/mol. The lowest BCUT2D eigenvalue weighted by Gasteiger charge is -2.06. The minimum Gasteiger partial charge on any atom is -0.450 e. The van der Waals surface area contributed by atoms with E-state index < -0.39 is 27.1 Å². The summed E-state index contributed by atoms with van der Waals surface area (Å²) in [6.07, 6.45) is 2.89. The molecule has 0 spiro atoms. The van der Waals surface area contributed by atoms with Gasteiger partial charge in [0.25, 0.3) is 11.6 Å². The normalized spacial score (nSPS) is 10.5. The van der Waals surface area contributed by atoms with Gasteiger partial charge in [0.05, 0.1) is 22.1 Å². The molecule has 0 unspecified atom stereocenters. The van der Waals surface area contributed by atoms with Gasteiger partial charge in [-0.25, -0.2) is 5.43 Å². The van der Waals surface area contributed by atoms with Gasteiger partial charge in [-0.1, -0.05) is 6.07 Å². The number of ether oxygens (including phenoxy) is 1. The van der Waals surface area contributed by atoms with E-state index in [2.05, 4.69) is 15.5 Å². The number of aromatic nitrogens is 1. The van der Waals surface area contributed by atoms with Gasteiger partial charge in [-0.3, -0.25) is 30.0 Å². The molecule has 0 saturated carbocycles. The summed E-state index contributed by atoms with van der Waals surface area (Å²) < 4.78 is 5.47. The third-order valence-electron chi connectivity index (χ3n) is 3.74. The van der Waals surface area contributed by atoms with Gasteiger partial charge in [0.2, 0.25) is 5.75 Å². The Bertz CT molecular complexity index is 1120. The Morgan fingerprint density at radius 2 is 1.80 bits per heavy atom. The molecule has 0 saturated heterocycles.